The Morgan fingerprint density at radius 2 is 2.20 bits per heavy atom. The van der Waals surface area contributed by atoms with Crippen LogP contribution in [-0.2, 0) is 0 Å². The standard InChI is InChI=1S/C14H13N3O2S/c1-2-19-11-5-3-10(4-6-11)16-13(18)12-9-20-14-15-7-8-17(12)14/h3-9H,2H2,1H3,(H,16,18). The van der Waals surface area contributed by atoms with Gasteiger partial charge in [-0.15, -0.1) is 11.3 Å². The van der Waals surface area contributed by atoms with Crippen LogP contribution in [0, 0.1) is 0 Å². The second-order valence-electron chi connectivity index (χ2n) is 4.11. The lowest BCUT2D eigenvalue weighted by Gasteiger charge is -2.06. The lowest BCUT2D eigenvalue weighted by Crippen LogP contribution is -2.13. The highest BCUT2D eigenvalue weighted by atomic mass is 32.1. The number of hydrogen-bond donors (Lipinski definition) is 1. The first-order valence-corrected chi connectivity index (χ1v) is 7.10. The summed E-state index contributed by atoms with van der Waals surface area (Å²) in [7, 11) is 0. The van der Waals surface area contributed by atoms with Gasteiger partial charge in [-0.2, -0.15) is 0 Å². The Hall–Kier alpha value is -2.34. The number of fused-ring (bicyclic) bond motifs is 1. The molecule has 0 unspecified atom stereocenters. The molecule has 0 aliphatic heterocycles. The van der Waals surface area contributed by atoms with Crippen molar-refractivity contribution in [1.82, 2.24) is 9.38 Å². The number of amides is 1. The highest BCUT2D eigenvalue weighted by Gasteiger charge is 2.12. The SMILES string of the molecule is CCOc1ccc(NC(=O)c2csc3nccn23)cc1. The molecule has 0 aliphatic rings. The monoisotopic (exact) mass is 287 g/mol. The number of ether oxygens (including phenoxy) is 1. The molecule has 6 heteroatoms. The Kier molecular flexibility index (Phi) is 3.39. The molecule has 3 aromatic rings. The van der Waals surface area contributed by atoms with Crippen LogP contribution in [0.3, 0.4) is 0 Å². The first-order chi connectivity index (χ1) is 9.78. The van der Waals surface area contributed by atoms with Crippen molar-refractivity contribution < 1.29 is 9.53 Å². The van der Waals surface area contributed by atoms with Crippen LogP contribution in [0.5, 0.6) is 5.75 Å². The second kappa shape index (κ2) is 5.34. The number of aromatic nitrogens is 2. The van der Waals surface area contributed by atoms with Crippen molar-refractivity contribution >= 4 is 27.9 Å². The molecule has 3 rings (SSSR count). The van der Waals surface area contributed by atoms with Gasteiger partial charge in [-0.3, -0.25) is 9.20 Å². The van der Waals surface area contributed by atoms with E-state index in [2.05, 4.69) is 10.3 Å². The lowest BCUT2D eigenvalue weighted by molar-refractivity contribution is 0.102. The van der Waals surface area contributed by atoms with Crippen molar-refractivity contribution in [3.8, 4) is 5.75 Å². The van der Waals surface area contributed by atoms with Crippen molar-refractivity contribution in [2.75, 3.05) is 11.9 Å². The zero-order valence-electron chi connectivity index (χ0n) is 10.9. The lowest BCUT2D eigenvalue weighted by atomic mass is 10.3. The fourth-order valence-corrected chi connectivity index (χ4v) is 2.72. The number of imidazole rings is 1. The van der Waals surface area contributed by atoms with Crippen LogP contribution in [0.15, 0.2) is 42.0 Å². The number of rotatable bonds is 4. The third-order valence-electron chi connectivity index (χ3n) is 2.80. The summed E-state index contributed by atoms with van der Waals surface area (Å²) in [5, 5.41) is 4.66. The summed E-state index contributed by atoms with van der Waals surface area (Å²) in [5.41, 5.74) is 1.31. The van der Waals surface area contributed by atoms with E-state index in [4.69, 9.17) is 4.74 Å². The molecular weight excluding hydrogens is 274 g/mol. The van der Waals surface area contributed by atoms with Gasteiger partial charge in [-0.25, -0.2) is 4.98 Å². The summed E-state index contributed by atoms with van der Waals surface area (Å²) in [6.45, 7) is 2.56. The zero-order chi connectivity index (χ0) is 13.9. The third kappa shape index (κ3) is 2.37. The van der Waals surface area contributed by atoms with Crippen molar-refractivity contribution in [2.45, 2.75) is 6.92 Å². The Balaban J connectivity index is 1.77. The molecule has 0 bridgehead atoms. The predicted molar refractivity (Wildman–Crippen MR) is 78.6 cm³/mol. The molecule has 0 spiro atoms. The first kappa shape index (κ1) is 12.7. The first-order valence-electron chi connectivity index (χ1n) is 6.22. The molecular formula is C14H13N3O2S. The van der Waals surface area contributed by atoms with E-state index >= 15 is 0 Å². The van der Waals surface area contributed by atoms with Crippen LogP contribution >= 0.6 is 11.3 Å². The molecule has 2 aromatic heterocycles. The van der Waals surface area contributed by atoms with Gasteiger partial charge in [-0.05, 0) is 31.2 Å². The van der Waals surface area contributed by atoms with Crippen LogP contribution in [0.4, 0.5) is 5.69 Å². The van der Waals surface area contributed by atoms with E-state index in [-0.39, 0.29) is 5.91 Å². The fourth-order valence-electron chi connectivity index (χ4n) is 1.88. The maximum Gasteiger partial charge on any atom is 0.273 e. The molecule has 2 heterocycles. The van der Waals surface area contributed by atoms with E-state index in [1.54, 1.807) is 22.2 Å². The number of carbonyl (C=O) groups excluding carboxylic acids is 1. The highest BCUT2D eigenvalue weighted by molar-refractivity contribution is 7.15. The van der Waals surface area contributed by atoms with E-state index in [9.17, 15) is 4.79 Å². The topological polar surface area (TPSA) is 55.6 Å². The van der Waals surface area contributed by atoms with Gasteiger partial charge >= 0.3 is 0 Å². The molecule has 20 heavy (non-hydrogen) atoms. The second-order valence-corrected chi connectivity index (χ2v) is 4.95. The average Bonchev–Trinajstić information content (AvgIpc) is 3.03. The number of thiazole rings is 1. The van der Waals surface area contributed by atoms with Crippen molar-refractivity contribution in [1.29, 1.82) is 0 Å². The largest absolute Gasteiger partial charge is 0.494 e. The summed E-state index contributed by atoms with van der Waals surface area (Å²) in [6.07, 6.45) is 3.46. The van der Waals surface area contributed by atoms with Crippen LogP contribution in [0.1, 0.15) is 17.4 Å². The van der Waals surface area contributed by atoms with Gasteiger partial charge in [0.15, 0.2) is 4.96 Å². The minimum atomic E-state index is -0.154. The number of anilines is 1. The maximum absolute atomic E-state index is 12.2. The molecule has 5 nitrogen and oxygen atoms in total. The Bertz CT molecular complexity index is 730. The fraction of sp³-hybridized carbons (Fsp3) is 0.143. The van der Waals surface area contributed by atoms with Crippen LogP contribution in [0.2, 0.25) is 0 Å². The molecule has 1 amide bonds. The number of nitrogens with zero attached hydrogens (tertiary/aromatic N) is 2. The van der Waals surface area contributed by atoms with Gasteiger partial charge in [0.1, 0.15) is 11.4 Å². The van der Waals surface area contributed by atoms with Gasteiger partial charge in [-0.1, -0.05) is 0 Å². The van der Waals surface area contributed by atoms with Crippen molar-refractivity contribution in [3.63, 3.8) is 0 Å². The summed E-state index contributed by atoms with van der Waals surface area (Å²) >= 11 is 1.44. The molecule has 0 aliphatic carbocycles. The normalized spacial score (nSPS) is 10.7. The van der Waals surface area contributed by atoms with E-state index in [1.165, 1.54) is 11.3 Å². The van der Waals surface area contributed by atoms with Crippen molar-refractivity contribution in [3.05, 3.63) is 47.7 Å². The van der Waals surface area contributed by atoms with Gasteiger partial charge in [0, 0.05) is 23.5 Å². The Morgan fingerprint density at radius 1 is 1.40 bits per heavy atom. The van der Waals surface area contributed by atoms with Gasteiger partial charge in [0.25, 0.3) is 5.91 Å². The number of nitrogens with one attached hydrogen (secondary N) is 1. The molecule has 0 atom stereocenters. The van der Waals surface area contributed by atoms with Gasteiger partial charge in [0.2, 0.25) is 0 Å². The summed E-state index contributed by atoms with van der Waals surface area (Å²) in [4.78, 5) is 17.2. The van der Waals surface area contributed by atoms with Crippen LogP contribution in [-0.4, -0.2) is 21.9 Å². The van der Waals surface area contributed by atoms with Crippen LogP contribution in [0.25, 0.3) is 4.96 Å². The van der Waals surface area contributed by atoms with E-state index in [0.29, 0.717) is 12.3 Å². The molecule has 0 saturated heterocycles. The third-order valence-corrected chi connectivity index (χ3v) is 3.65. The van der Waals surface area contributed by atoms with E-state index < -0.39 is 0 Å². The number of benzene rings is 1. The Labute approximate surface area is 119 Å². The number of hydrogen-bond acceptors (Lipinski definition) is 4. The zero-order valence-corrected chi connectivity index (χ0v) is 11.7. The van der Waals surface area contributed by atoms with Gasteiger partial charge < -0.3 is 10.1 Å². The summed E-state index contributed by atoms with van der Waals surface area (Å²) in [6, 6.07) is 7.31. The molecule has 0 radical (unpaired) electrons. The van der Waals surface area contributed by atoms with Crippen molar-refractivity contribution in [2.24, 2.45) is 0 Å². The van der Waals surface area contributed by atoms with E-state index in [0.717, 1.165) is 16.4 Å². The quantitative estimate of drug-likeness (QED) is 0.802. The molecule has 1 aromatic carbocycles. The molecule has 1 N–H and O–H groups in total. The predicted octanol–water partition coefficient (Wildman–Crippen LogP) is 3.05. The molecule has 0 fully saturated rings. The minimum absolute atomic E-state index is 0.154. The van der Waals surface area contributed by atoms with Gasteiger partial charge in [0.05, 0.1) is 6.61 Å². The maximum atomic E-state index is 12.2. The minimum Gasteiger partial charge on any atom is -0.494 e. The molecule has 0 saturated carbocycles. The highest BCUT2D eigenvalue weighted by Crippen LogP contribution is 2.18. The Morgan fingerprint density at radius 3 is 2.95 bits per heavy atom. The summed E-state index contributed by atoms with van der Waals surface area (Å²) in [5.74, 6) is 0.636. The van der Waals surface area contributed by atoms with E-state index in [1.807, 2.05) is 31.2 Å². The molecule has 102 valence electrons. The number of carbonyl (C=O) groups is 1. The van der Waals surface area contributed by atoms with Crippen LogP contribution < -0.4 is 10.1 Å². The average molecular weight is 287 g/mol. The smallest absolute Gasteiger partial charge is 0.273 e. The summed E-state index contributed by atoms with van der Waals surface area (Å²) < 4.78 is 7.13.